The quantitative estimate of drug-likeness (QED) is 0.335. The van der Waals surface area contributed by atoms with Crippen LogP contribution in [0, 0.1) is 0 Å². The predicted octanol–water partition coefficient (Wildman–Crippen LogP) is 5.25. The molecule has 0 N–H and O–H groups in total. The Bertz CT molecular complexity index is 1140. The van der Waals surface area contributed by atoms with Crippen LogP contribution in [0.4, 0.5) is 0 Å². The fraction of sp³-hybridized carbons (Fsp3) is 0.174. The molecule has 0 aliphatic heterocycles. The molecule has 4 nitrogen and oxygen atoms in total. The van der Waals surface area contributed by atoms with Gasteiger partial charge >= 0.3 is 0 Å². The molecule has 1 atom stereocenters. The maximum atomic E-state index is 12.8. The Hall–Kier alpha value is -2.92. The summed E-state index contributed by atoms with van der Waals surface area (Å²) in [6.45, 7) is 2.16. The highest BCUT2D eigenvalue weighted by atomic mass is 32.2. The maximum absolute atomic E-state index is 12.8. The number of aryl methyl sites for hydroxylation is 1. The second-order valence-electron chi connectivity index (χ2n) is 6.84. The third-order valence-electron chi connectivity index (χ3n) is 4.76. The summed E-state index contributed by atoms with van der Waals surface area (Å²) < 4.78 is 2.01. The maximum Gasteiger partial charge on any atom is 0.185 e. The molecule has 0 bridgehead atoms. The van der Waals surface area contributed by atoms with Crippen LogP contribution in [-0.2, 0) is 13.5 Å². The fourth-order valence-corrected chi connectivity index (χ4v) is 4.11. The number of ketones is 1. The minimum absolute atomic E-state index is 0.0345. The van der Waals surface area contributed by atoms with Gasteiger partial charge in [-0.05, 0) is 29.5 Å². The second-order valence-corrected chi connectivity index (χ2v) is 8.15. The molecule has 0 aliphatic rings. The summed E-state index contributed by atoms with van der Waals surface area (Å²) in [6.07, 6.45) is 5.87. The molecule has 28 heavy (non-hydrogen) atoms. The second kappa shape index (κ2) is 7.98. The number of carbonyl (C=O) groups excluding carboxylic acids is 1. The van der Waals surface area contributed by atoms with Crippen molar-refractivity contribution in [3.63, 3.8) is 0 Å². The van der Waals surface area contributed by atoms with Crippen LogP contribution in [0.3, 0.4) is 0 Å². The van der Waals surface area contributed by atoms with Crippen molar-refractivity contribution >= 4 is 28.3 Å². The van der Waals surface area contributed by atoms with Crippen LogP contribution in [0.1, 0.15) is 33.8 Å². The van der Waals surface area contributed by atoms with Crippen molar-refractivity contribution in [1.29, 1.82) is 0 Å². The summed E-state index contributed by atoms with van der Waals surface area (Å²) in [5.41, 5.74) is 2.70. The standard InChI is InChI=1S/C23H21N3OS/c1-16(28-23-24-10-11-26(23)2)18-9-5-6-17(12-18)13-22(27)21-14-19-7-3-4-8-20(19)15-25-21/h3-12,14-16H,13H2,1-2H3. The van der Waals surface area contributed by atoms with Gasteiger partial charge < -0.3 is 4.57 Å². The Morgan fingerprint density at radius 2 is 1.89 bits per heavy atom. The topological polar surface area (TPSA) is 47.8 Å². The van der Waals surface area contributed by atoms with Gasteiger partial charge in [0.05, 0.1) is 0 Å². The van der Waals surface area contributed by atoms with Gasteiger partial charge in [0.25, 0.3) is 0 Å². The SMILES string of the molecule is CC(Sc1nccn1C)c1cccc(CC(=O)c2cc3ccccc3cn2)c1. The van der Waals surface area contributed by atoms with Gasteiger partial charge in [-0.15, -0.1) is 0 Å². The van der Waals surface area contributed by atoms with E-state index in [2.05, 4.69) is 29.0 Å². The van der Waals surface area contributed by atoms with E-state index < -0.39 is 0 Å². The number of aromatic nitrogens is 3. The van der Waals surface area contributed by atoms with Gasteiger partial charge in [-0.25, -0.2) is 4.98 Å². The normalized spacial score (nSPS) is 12.2. The van der Waals surface area contributed by atoms with Gasteiger partial charge in [-0.1, -0.05) is 60.3 Å². The summed E-state index contributed by atoms with van der Waals surface area (Å²) in [7, 11) is 1.99. The number of thioether (sulfide) groups is 1. The number of rotatable bonds is 6. The number of nitrogens with zero attached hydrogens (tertiary/aromatic N) is 3. The molecule has 0 amide bonds. The van der Waals surface area contributed by atoms with Gasteiger partial charge in [0, 0.05) is 42.7 Å². The van der Waals surface area contributed by atoms with E-state index in [-0.39, 0.29) is 11.0 Å². The van der Waals surface area contributed by atoms with Gasteiger partial charge in [0.2, 0.25) is 0 Å². The zero-order chi connectivity index (χ0) is 19.5. The number of hydrogen-bond donors (Lipinski definition) is 0. The van der Waals surface area contributed by atoms with Crippen LogP contribution in [0.5, 0.6) is 0 Å². The van der Waals surface area contributed by atoms with Crippen LogP contribution < -0.4 is 0 Å². The van der Waals surface area contributed by atoms with Crippen molar-refractivity contribution < 1.29 is 4.79 Å². The van der Waals surface area contributed by atoms with Gasteiger partial charge in [0.15, 0.2) is 10.9 Å². The van der Waals surface area contributed by atoms with Crippen molar-refractivity contribution in [2.24, 2.45) is 7.05 Å². The Labute approximate surface area is 168 Å². The van der Waals surface area contributed by atoms with Crippen molar-refractivity contribution in [2.75, 3.05) is 0 Å². The van der Waals surface area contributed by atoms with Crippen LogP contribution in [-0.4, -0.2) is 20.3 Å². The monoisotopic (exact) mass is 387 g/mol. The molecule has 5 heteroatoms. The highest BCUT2D eigenvalue weighted by Gasteiger charge is 2.13. The lowest BCUT2D eigenvalue weighted by molar-refractivity contribution is 0.0988. The molecule has 1 unspecified atom stereocenters. The van der Waals surface area contributed by atoms with Crippen molar-refractivity contribution in [3.05, 3.63) is 90.0 Å². The zero-order valence-electron chi connectivity index (χ0n) is 15.9. The lowest BCUT2D eigenvalue weighted by Gasteiger charge is -2.12. The summed E-state index contributed by atoms with van der Waals surface area (Å²) in [6, 6.07) is 18.1. The Morgan fingerprint density at radius 1 is 1.07 bits per heavy atom. The smallest absolute Gasteiger partial charge is 0.185 e. The Kier molecular flexibility index (Phi) is 5.26. The van der Waals surface area contributed by atoms with Crippen molar-refractivity contribution in [3.8, 4) is 0 Å². The molecule has 2 aromatic carbocycles. The number of hydrogen-bond acceptors (Lipinski definition) is 4. The zero-order valence-corrected chi connectivity index (χ0v) is 16.7. The molecule has 4 rings (SSSR count). The first kappa shape index (κ1) is 18.4. The van der Waals surface area contributed by atoms with E-state index in [9.17, 15) is 4.79 Å². The van der Waals surface area contributed by atoms with E-state index >= 15 is 0 Å². The molecule has 0 spiro atoms. The van der Waals surface area contributed by atoms with Gasteiger partial charge in [-0.2, -0.15) is 0 Å². The van der Waals surface area contributed by atoms with E-state index in [1.165, 1.54) is 5.56 Å². The number of pyridine rings is 1. The number of carbonyl (C=O) groups is 1. The van der Waals surface area contributed by atoms with Gasteiger partial charge in [-0.3, -0.25) is 9.78 Å². The molecular weight excluding hydrogens is 366 g/mol. The molecule has 0 saturated carbocycles. The molecule has 0 aliphatic carbocycles. The molecule has 2 heterocycles. The number of benzene rings is 2. The first-order valence-electron chi connectivity index (χ1n) is 9.21. The summed E-state index contributed by atoms with van der Waals surface area (Å²) in [4.78, 5) is 21.5. The molecule has 0 radical (unpaired) electrons. The molecule has 0 fully saturated rings. The van der Waals surface area contributed by atoms with Crippen LogP contribution in [0.25, 0.3) is 10.8 Å². The number of imidazole rings is 1. The third kappa shape index (κ3) is 3.99. The predicted molar refractivity (Wildman–Crippen MR) is 114 cm³/mol. The minimum Gasteiger partial charge on any atom is -0.329 e. The average Bonchev–Trinajstić information content (AvgIpc) is 3.12. The first-order chi connectivity index (χ1) is 13.6. The molecule has 4 aromatic rings. The lowest BCUT2D eigenvalue weighted by atomic mass is 10.0. The summed E-state index contributed by atoms with van der Waals surface area (Å²) in [5.74, 6) is 0.0345. The lowest BCUT2D eigenvalue weighted by Crippen LogP contribution is -2.06. The first-order valence-corrected chi connectivity index (χ1v) is 10.1. The molecule has 2 aromatic heterocycles. The molecule has 0 saturated heterocycles. The van der Waals surface area contributed by atoms with E-state index in [0.29, 0.717) is 12.1 Å². The van der Waals surface area contributed by atoms with Crippen LogP contribution in [0.2, 0.25) is 0 Å². The summed E-state index contributed by atoms with van der Waals surface area (Å²) >= 11 is 1.71. The minimum atomic E-state index is 0.0345. The fourth-order valence-electron chi connectivity index (χ4n) is 3.16. The summed E-state index contributed by atoms with van der Waals surface area (Å²) in [5, 5.41) is 3.31. The van der Waals surface area contributed by atoms with E-state index in [4.69, 9.17) is 0 Å². The largest absolute Gasteiger partial charge is 0.329 e. The third-order valence-corrected chi connectivity index (χ3v) is 5.99. The van der Waals surface area contributed by atoms with E-state index in [0.717, 1.165) is 21.5 Å². The Balaban J connectivity index is 1.50. The van der Waals surface area contributed by atoms with Crippen molar-refractivity contribution in [2.45, 2.75) is 23.8 Å². The number of fused-ring (bicyclic) bond motifs is 1. The van der Waals surface area contributed by atoms with Crippen molar-refractivity contribution in [1.82, 2.24) is 14.5 Å². The van der Waals surface area contributed by atoms with E-state index in [1.54, 1.807) is 24.2 Å². The number of Topliss-reactive ketones (excluding diaryl/α,β-unsaturated/α-hetero) is 1. The highest BCUT2D eigenvalue weighted by molar-refractivity contribution is 7.99. The van der Waals surface area contributed by atoms with E-state index in [1.807, 2.05) is 60.3 Å². The van der Waals surface area contributed by atoms with Crippen LogP contribution >= 0.6 is 11.8 Å². The highest BCUT2D eigenvalue weighted by Crippen LogP contribution is 2.33. The average molecular weight is 388 g/mol. The van der Waals surface area contributed by atoms with Gasteiger partial charge in [0.1, 0.15) is 5.69 Å². The van der Waals surface area contributed by atoms with Crippen LogP contribution in [0.15, 0.2) is 78.3 Å². The molecular formula is C23H21N3OS. The molecule has 140 valence electrons. The Morgan fingerprint density at radius 3 is 2.68 bits per heavy atom.